The second-order valence-corrected chi connectivity index (χ2v) is 4.73. The number of aliphatic hydroxyl groups is 1. The molecule has 0 saturated heterocycles. The van der Waals surface area contributed by atoms with E-state index in [4.69, 9.17) is 11.6 Å². The first-order chi connectivity index (χ1) is 8.01. The van der Waals surface area contributed by atoms with Gasteiger partial charge in [-0.05, 0) is 43.9 Å². The lowest BCUT2D eigenvalue weighted by Crippen LogP contribution is -2.40. The maximum Gasteiger partial charge on any atom is 0.256 e. The van der Waals surface area contributed by atoms with Gasteiger partial charge in [-0.25, -0.2) is 4.39 Å². The van der Waals surface area contributed by atoms with E-state index in [0.29, 0.717) is 18.5 Å². The van der Waals surface area contributed by atoms with Gasteiger partial charge in [0.05, 0.1) is 5.02 Å². The molecule has 17 heavy (non-hydrogen) atoms. The van der Waals surface area contributed by atoms with E-state index in [1.807, 2.05) is 0 Å². The fourth-order valence-corrected chi connectivity index (χ4v) is 2.13. The lowest BCUT2D eigenvalue weighted by atomic mass is 10.0. The van der Waals surface area contributed by atoms with E-state index in [1.165, 1.54) is 12.1 Å². The maximum absolute atomic E-state index is 13.2. The summed E-state index contributed by atoms with van der Waals surface area (Å²) in [6, 6.07) is 4.01. The number of carbonyl (C=O) groups excluding carboxylic acids is 1. The molecule has 0 unspecified atom stereocenters. The fourth-order valence-electron chi connectivity index (χ4n) is 2.01. The Morgan fingerprint density at radius 1 is 1.41 bits per heavy atom. The topological polar surface area (TPSA) is 49.3 Å². The molecule has 92 valence electrons. The Balaban J connectivity index is 2.10. The van der Waals surface area contributed by atoms with Crippen LogP contribution in [-0.4, -0.2) is 16.6 Å². The number of carbonyl (C=O) groups is 1. The van der Waals surface area contributed by atoms with Crippen LogP contribution in [0.5, 0.6) is 0 Å². The van der Waals surface area contributed by atoms with Crippen LogP contribution in [0.1, 0.15) is 25.7 Å². The Kier molecular flexibility index (Phi) is 3.35. The van der Waals surface area contributed by atoms with Gasteiger partial charge in [-0.2, -0.15) is 0 Å². The summed E-state index contributed by atoms with van der Waals surface area (Å²) in [7, 11) is 0. The van der Waals surface area contributed by atoms with E-state index in [0.717, 1.165) is 18.9 Å². The van der Waals surface area contributed by atoms with E-state index >= 15 is 0 Å². The van der Waals surface area contributed by atoms with Crippen molar-refractivity contribution in [3.63, 3.8) is 0 Å². The van der Waals surface area contributed by atoms with Crippen LogP contribution >= 0.6 is 11.6 Å². The molecule has 1 fully saturated rings. The molecule has 2 rings (SSSR count). The van der Waals surface area contributed by atoms with Crippen molar-refractivity contribution in [1.29, 1.82) is 0 Å². The average Bonchev–Trinajstić information content (AvgIpc) is 2.72. The monoisotopic (exact) mass is 257 g/mol. The molecule has 1 amide bonds. The van der Waals surface area contributed by atoms with Gasteiger partial charge < -0.3 is 10.4 Å². The minimum absolute atomic E-state index is 0.00239. The Morgan fingerprint density at radius 3 is 2.65 bits per heavy atom. The van der Waals surface area contributed by atoms with Crippen LogP contribution in [0.3, 0.4) is 0 Å². The van der Waals surface area contributed by atoms with Gasteiger partial charge >= 0.3 is 0 Å². The smallest absolute Gasteiger partial charge is 0.256 e. The van der Waals surface area contributed by atoms with Crippen LogP contribution in [0.4, 0.5) is 10.1 Å². The third-order valence-corrected chi connectivity index (χ3v) is 3.34. The van der Waals surface area contributed by atoms with Crippen LogP contribution in [0.15, 0.2) is 18.2 Å². The van der Waals surface area contributed by atoms with Crippen LogP contribution in [0.25, 0.3) is 0 Å². The molecule has 0 atom stereocenters. The second-order valence-electron chi connectivity index (χ2n) is 4.32. The summed E-state index contributed by atoms with van der Waals surface area (Å²) < 4.78 is 13.2. The van der Waals surface area contributed by atoms with Crippen molar-refractivity contribution >= 4 is 23.2 Å². The highest BCUT2D eigenvalue weighted by Crippen LogP contribution is 2.30. The third kappa shape index (κ3) is 2.58. The molecule has 0 radical (unpaired) electrons. The van der Waals surface area contributed by atoms with Crippen LogP contribution in [-0.2, 0) is 4.79 Å². The molecule has 1 saturated carbocycles. The molecule has 0 aliphatic heterocycles. The van der Waals surface area contributed by atoms with E-state index in [1.54, 1.807) is 0 Å². The molecule has 1 aliphatic rings. The second kappa shape index (κ2) is 4.63. The SMILES string of the molecule is O=C(Nc1ccc(Cl)c(F)c1)C1(O)CCCC1. The Labute approximate surface area is 104 Å². The van der Waals surface area contributed by atoms with Crippen LogP contribution < -0.4 is 5.32 Å². The number of nitrogens with one attached hydrogen (secondary N) is 1. The molecule has 1 aromatic rings. The summed E-state index contributed by atoms with van der Waals surface area (Å²) in [5.41, 5.74) is -1.01. The summed E-state index contributed by atoms with van der Waals surface area (Å²) in [6.07, 6.45) is 2.57. The number of benzene rings is 1. The van der Waals surface area contributed by atoms with Crippen molar-refractivity contribution < 1.29 is 14.3 Å². The Bertz CT molecular complexity index is 444. The molecule has 3 nitrogen and oxygen atoms in total. The quantitative estimate of drug-likeness (QED) is 0.856. The van der Waals surface area contributed by atoms with Crippen molar-refractivity contribution in [3.8, 4) is 0 Å². The van der Waals surface area contributed by atoms with Crippen molar-refractivity contribution in [2.24, 2.45) is 0 Å². The van der Waals surface area contributed by atoms with Gasteiger partial charge in [0.1, 0.15) is 11.4 Å². The largest absolute Gasteiger partial charge is 0.380 e. The van der Waals surface area contributed by atoms with Gasteiger partial charge in [0, 0.05) is 5.69 Å². The molecule has 1 aliphatic carbocycles. The number of halogens is 2. The maximum atomic E-state index is 13.2. The minimum Gasteiger partial charge on any atom is -0.380 e. The molecule has 5 heteroatoms. The van der Waals surface area contributed by atoms with Crippen molar-refractivity contribution in [1.82, 2.24) is 0 Å². The molecule has 2 N–H and O–H groups in total. The number of hydrogen-bond donors (Lipinski definition) is 2. The van der Waals surface area contributed by atoms with Gasteiger partial charge in [-0.15, -0.1) is 0 Å². The fraction of sp³-hybridized carbons (Fsp3) is 0.417. The Morgan fingerprint density at radius 2 is 2.06 bits per heavy atom. The molecule has 0 aromatic heterocycles. The van der Waals surface area contributed by atoms with E-state index in [2.05, 4.69) is 5.32 Å². The summed E-state index contributed by atoms with van der Waals surface area (Å²) in [6.45, 7) is 0. The standard InChI is InChI=1S/C12H13ClFNO2/c13-9-4-3-8(7-10(9)14)15-11(16)12(17)5-1-2-6-12/h3-4,7,17H,1-2,5-6H2,(H,15,16). The zero-order chi connectivity index (χ0) is 12.5. The first kappa shape index (κ1) is 12.3. The lowest BCUT2D eigenvalue weighted by Gasteiger charge is -2.20. The van der Waals surface area contributed by atoms with Crippen LogP contribution in [0.2, 0.25) is 5.02 Å². The predicted octanol–water partition coefficient (Wildman–Crippen LogP) is 2.72. The Hall–Kier alpha value is -1.13. The van der Waals surface area contributed by atoms with Gasteiger partial charge in [-0.3, -0.25) is 4.79 Å². The lowest BCUT2D eigenvalue weighted by molar-refractivity contribution is -0.133. The molecule has 0 bridgehead atoms. The van der Waals surface area contributed by atoms with Gasteiger partial charge in [-0.1, -0.05) is 11.6 Å². The van der Waals surface area contributed by atoms with Crippen molar-refractivity contribution in [2.75, 3.05) is 5.32 Å². The number of amides is 1. The van der Waals surface area contributed by atoms with E-state index < -0.39 is 17.3 Å². The van der Waals surface area contributed by atoms with Crippen molar-refractivity contribution in [2.45, 2.75) is 31.3 Å². The third-order valence-electron chi connectivity index (χ3n) is 3.03. The zero-order valence-corrected chi connectivity index (χ0v) is 9.93. The normalized spacial score (nSPS) is 18.1. The molecule has 0 heterocycles. The highest BCUT2D eigenvalue weighted by Gasteiger charge is 2.38. The number of rotatable bonds is 2. The van der Waals surface area contributed by atoms with E-state index in [-0.39, 0.29) is 5.02 Å². The molecular formula is C12H13ClFNO2. The van der Waals surface area contributed by atoms with E-state index in [9.17, 15) is 14.3 Å². The number of anilines is 1. The van der Waals surface area contributed by atoms with Gasteiger partial charge in [0.25, 0.3) is 5.91 Å². The molecule has 0 spiro atoms. The summed E-state index contributed by atoms with van der Waals surface area (Å²) in [4.78, 5) is 11.8. The minimum atomic E-state index is -1.31. The first-order valence-electron chi connectivity index (χ1n) is 5.50. The van der Waals surface area contributed by atoms with Crippen LogP contribution in [0, 0.1) is 5.82 Å². The zero-order valence-electron chi connectivity index (χ0n) is 9.17. The summed E-state index contributed by atoms with van der Waals surface area (Å²) in [5, 5.41) is 12.5. The summed E-state index contributed by atoms with van der Waals surface area (Å²) in [5.74, 6) is -1.07. The average molecular weight is 258 g/mol. The van der Waals surface area contributed by atoms with Crippen molar-refractivity contribution in [3.05, 3.63) is 29.0 Å². The highest BCUT2D eigenvalue weighted by molar-refractivity contribution is 6.30. The highest BCUT2D eigenvalue weighted by atomic mass is 35.5. The summed E-state index contributed by atoms with van der Waals surface area (Å²) >= 11 is 5.53. The predicted molar refractivity (Wildman–Crippen MR) is 63.5 cm³/mol. The first-order valence-corrected chi connectivity index (χ1v) is 5.88. The molecular weight excluding hydrogens is 245 g/mol. The van der Waals surface area contributed by atoms with Gasteiger partial charge in [0.15, 0.2) is 0 Å². The number of hydrogen-bond acceptors (Lipinski definition) is 2. The molecule has 1 aromatic carbocycles. The van der Waals surface area contributed by atoms with Gasteiger partial charge in [0.2, 0.25) is 0 Å².